The summed E-state index contributed by atoms with van der Waals surface area (Å²) in [5.41, 5.74) is 1.93. The normalized spacial score (nSPS) is 13.7. The van der Waals surface area contributed by atoms with Gasteiger partial charge in [0.05, 0.1) is 33.9 Å². The van der Waals surface area contributed by atoms with Crippen LogP contribution in [0.25, 0.3) is 11.0 Å². The number of rotatable bonds is 8. The Hall–Kier alpha value is -5.11. The maximum Gasteiger partial charge on any atom is 0.257 e. The standard InChI is InChI=1S/C30H29ClF2N10O2/c1-16-11-26(41-40-16)37-27-22-15-35-43(20-7-9-42(10-8-20)17(2)44)28(22)39-30(38-27)34-14-18-3-5-23(31)21(12-18)29(45)36-25-13-19(32)4-6-24(25)33/h3-6,11-13,15,20H,7-10,14H2,1-2H3,(H,36,45)(H3,34,37,38,39,40,41). The van der Waals surface area contributed by atoms with Crippen LogP contribution in [0.15, 0.2) is 48.7 Å². The Balaban J connectivity index is 1.26. The summed E-state index contributed by atoms with van der Waals surface area (Å²) in [7, 11) is 0. The van der Waals surface area contributed by atoms with Gasteiger partial charge in [-0.15, -0.1) is 0 Å². The van der Waals surface area contributed by atoms with Crippen LogP contribution in [0, 0.1) is 18.6 Å². The number of H-pyrrole nitrogens is 1. The Morgan fingerprint density at radius 2 is 1.89 bits per heavy atom. The second kappa shape index (κ2) is 12.5. The van der Waals surface area contributed by atoms with Crippen LogP contribution in [0.5, 0.6) is 0 Å². The number of nitrogens with one attached hydrogen (secondary N) is 4. The molecule has 0 unspecified atom stereocenters. The van der Waals surface area contributed by atoms with Gasteiger partial charge >= 0.3 is 0 Å². The third-order valence-corrected chi connectivity index (χ3v) is 7.89. The molecule has 5 aromatic rings. The molecule has 0 aliphatic carbocycles. The van der Waals surface area contributed by atoms with E-state index in [-0.39, 0.29) is 34.8 Å². The maximum absolute atomic E-state index is 14.1. The van der Waals surface area contributed by atoms with E-state index in [0.29, 0.717) is 47.3 Å². The number of aromatic nitrogens is 6. The molecule has 15 heteroatoms. The van der Waals surface area contributed by atoms with Crippen molar-refractivity contribution in [3.05, 3.63) is 82.1 Å². The fourth-order valence-electron chi connectivity index (χ4n) is 5.22. The number of amides is 2. The number of benzene rings is 2. The van der Waals surface area contributed by atoms with Crippen molar-refractivity contribution < 1.29 is 18.4 Å². The molecule has 45 heavy (non-hydrogen) atoms. The first-order valence-electron chi connectivity index (χ1n) is 14.2. The number of aryl methyl sites for hydroxylation is 1. The van der Waals surface area contributed by atoms with Gasteiger partial charge in [0.25, 0.3) is 5.91 Å². The molecule has 12 nitrogen and oxygen atoms in total. The molecule has 0 bridgehead atoms. The van der Waals surface area contributed by atoms with Crippen molar-refractivity contribution in [2.45, 2.75) is 39.3 Å². The quantitative estimate of drug-likeness (QED) is 0.173. The molecule has 1 aliphatic rings. The van der Waals surface area contributed by atoms with Crippen molar-refractivity contribution in [2.75, 3.05) is 29.0 Å². The summed E-state index contributed by atoms with van der Waals surface area (Å²) < 4.78 is 29.6. The molecule has 1 saturated heterocycles. The molecule has 0 radical (unpaired) electrons. The summed E-state index contributed by atoms with van der Waals surface area (Å²) in [6, 6.07) is 9.51. The number of nitrogens with zero attached hydrogens (tertiary/aromatic N) is 6. The largest absolute Gasteiger partial charge is 0.350 e. The van der Waals surface area contributed by atoms with Gasteiger partial charge in [0.15, 0.2) is 11.5 Å². The summed E-state index contributed by atoms with van der Waals surface area (Å²) in [4.78, 5) is 36.1. The third kappa shape index (κ3) is 6.55. The van der Waals surface area contributed by atoms with Gasteiger partial charge in [-0.05, 0) is 49.6 Å². The minimum atomic E-state index is -0.774. The highest BCUT2D eigenvalue weighted by Gasteiger charge is 2.25. The number of carbonyl (C=O) groups is 2. The van der Waals surface area contributed by atoms with E-state index >= 15 is 0 Å². The SMILES string of the molecule is CC(=O)N1CCC(n2ncc3c(Nc4cc(C)[nH]n4)nc(NCc4ccc(Cl)c(C(=O)Nc5cc(F)ccc5F)c4)nc32)CC1. The fraction of sp³-hybridized carbons (Fsp3) is 0.267. The highest BCUT2D eigenvalue weighted by Crippen LogP contribution is 2.30. The summed E-state index contributed by atoms with van der Waals surface area (Å²) >= 11 is 6.29. The van der Waals surface area contributed by atoms with Crippen molar-refractivity contribution in [3.63, 3.8) is 0 Å². The van der Waals surface area contributed by atoms with Crippen molar-refractivity contribution in [1.82, 2.24) is 34.8 Å². The molecule has 1 aliphatic heterocycles. The van der Waals surface area contributed by atoms with Gasteiger partial charge in [-0.1, -0.05) is 17.7 Å². The average Bonchev–Trinajstić information content (AvgIpc) is 3.64. The molecular formula is C30H29ClF2N10O2. The first-order valence-corrected chi connectivity index (χ1v) is 14.6. The van der Waals surface area contributed by atoms with E-state index in [4.69, 9.17) is 16.6 Å². The molecule has 3 aromatic heterocycles. The Bertz CT molecular complexity index is 1900. The first kappa shape index (κ1) is 29.9. The Morgan fingerprint density at radius 1 is 1.09 bits per heavy atom. The van der Waals surface area contributed by atoms with Crippen LogP contribution in [-0.2, 0) is 11.3 Å². The first-order chi connectivity index (χ1) is 21.6. The molecule has 232 valence electrons. The van der Waals surface area contributed by atoms with E-state index in [1.807, 2.05) is 22.6 Å². The van der Waals surface area contributed by atoms with Crippen LogP contribution in [0.1, 0.15) is 47.4 Å². The van der Waals surface area contributed by atoms with Gasteiger partial charge in [0.1, 0.15) is 17.5 Å². The number of hydrogen-bond donors (Lipinski definition) is 4. The summed E-state index contributed by atoms with van der Waals surface area (Å²) in [5.74, 6) is -0.736. The minimum Gasteiger partial charge on any atom is -0.350 e. The molecule has 1 fully saturated rings. The third-order valence-electron chi connectivity index (χ3n) is 7.56. The summed E-state index contributed by atoms with van der Waals surface area (Å²) in [6.07, 6.45) is 3.18. The predicted molar refractivity (Wildman–Crippen MR) is 166 cm³/mol. The van der Waals surface area contributed by atoms with Gasteiger partial charge in [0, 0.05) is 44.4 Å². The topological polar surface area (TPSA) is 146 Å². The lowest BCUT2D eigenvalue weighted by atomic mass is 10.1. The van der Waals surface area contributed by atoms with E-state index in [0.717, 1.165) is 36.7 Å². The van der Waals surface area contributed by atoms with E-state index in [9.17, 15) is 18.4 Å². The van der Waals surface area contributed by atoms with Crippen LogP contribution < -0.4 is 16.0 Å². The molecule has 4 N–H and O–H groups in total. The molecule has 4 heterocycles. The summed E-state index contributed by atoms with van der Waals surface area (Å²) in [6.45, 7) is 4.94. The Morgan fingerprint density at radius 3 is 2.62 bits per heavy atom. The summed E-state index contributed by atoms with van der Waals surface area (Å²) in [5, 5.41) is 21.5. The van der Waals surface area contributed by atoms with Crippen LogP contribution in [0.3, 0.4) is 0 Å². The lowest BCUT2D eigenvalue weighted by Gasteiger charge is -2.31. The zero-order valence-corrected chi connectivity index (χ0v) is 25.1. The van der Waals surface area contributed by atoms with Crippen molar-refractivity contribution in [2.24, 2.45) is 0 Å². The molecule has 0 spiro atoms. The zero-order chi connectivity index (χ0) is 31.7. The Labute approximate surface area is 261 Å². The van der Waals surface area contributed by atoms with Crippen molar-refractivity contribution in [1.29, 1.82) is 0 Å². The van der Waals surface area contributed by atoms with Crippen LogP contribution >= 0.6 is 11.6 Å². The van der Waals surface area contributed by atoms with E-state index in [1.54, 1.807) is 31.3 Å². The van der Waals surface area contributed by atoms with Gasteiger partial charge in [-0.3, -0.25) is 14.7 Å². The highest BCUT2D eigenvalue weighted by molar-refractivity contribution is 6.34. The number of anilines is 4. The smallest absolute Gasteiger partial charge is 0.257 e. The average molecular weight is 635 g/mol. The van der Waals surface area contributed by atoms with Gasteiger partial charge < -0.3 is 20.9 Å². The van der Waals surface area contributed by atoms with Gasteiger partial charge in [-0.2, -0.15) is 20.2 Å². The molecule has 6 rings (SSSR count). The number of aromatic amines is 1. The zero-order valence-electron chi connectivity index (χ0n) is 24.4. The Kier molecular flexibility index (Phi) is 8.30. The highest BCUT2D eigenvalue weighted by atomic mass is 35.5. The maximum atomic E-state index is 14.1. The monoisotopic (exact) mass is 634 g/mol. The second-order valence-corrected chi connectivity index (χ2v) is 11.2. The molecular weight excluding hydrogens is 606 g/mol. The van der Waals surface area contributed by atoms with E-state index < -0.39 is 17.5 Å². The minimum absolute atomic E-state index is 0.0431. The number of carbonyl (C=O) groups excluding carboxylic acids is 2. The number of likely N-dealkylation sites (tertiary alicyclic amines) is 1. The number of hydrogen-bond acceptors (Lipinski definition) is 8. The van der Waals surface area contributed by atoms with Crippen molar-refractivity contribution >= 4 is 57.7 Å². The number of piperidine rings is 1. The van der Waals surface area contributed by atoms with E-state index in [2.05, 4.69) is 36.2 Å². The van der Waals surface area contributed by atoms with Gasteiger partial charge in [-0.25, -0.2) is 13.5 Å². The van der Waals surface area contributed by atoms with Crippen LogP contribution in [-0.4, -0.2) is 59.7 Å². The molecule has 2 amide bonds. The predicted octanol–water partition coefficient (Wildman–Crippen LogP) is 5.58. The number of fused-ring (bicyclic) bond motifs is 1. The molecule has 0 atom stereocenters. The van der Waals surface area contributed by atoms with Crippen molar-refractivity contribution in [3.8, 4) is 0 Å². The van der Waals surface area contributed by atoms with Crippen LogP contribution in [0.4, 0.5) is 32.1 Å². The molecule has 0 saturated carbocycles. The van der Waals surface area contributed by atoms with Crippen LogP contribution in [0.2, 0.25) is 5.02 Å². The molecule has 2 aromatic carbocycles. The van der Waals surface area contributed by atoms with Gasteiger partial charge in [0.2, 0.25) is 11.9 Å². The lowest BCUT2D eigenvalue weighted by molar-refractivity contribution is -0.130. The number of halogens is 3. The lowest BCUT2D eigenvalue weighted by Crippen LogP contribution is -2.37. The fourth-order valence-corrected chi connectivity index (χ4v) is 5.42. The second-order valence-electron chi connectivity index (χ2n) is 10.8. The van der Waals surface area contributed by atoms with E-state index in [1.165, 1.54) is 0 Å².